The van der Waals surface area contributed by atoms with E-state index >= 15 is 0 Å². The summed E-state index contributed by atoms with van der Waals surface area (Å²) in [5.74, 6) is 0. The van der Waals surface area contributed by atoms with E-state index in [2.05, 4.69) is 42.2 Å². The van der Waals surface area contributed by atoms with Crippen LogP contribution in [0.1, 0.15) is 0 Å². The molecule has 1 unspecified atom stereocenters. The first-order chi connectivity index (χ1) is 5.09. The molecule has 0 amide bonds. The van der Waals surface area contributed by atoms with E-state index in [0.29, 0.717) is 6.98 Å². The van der Waals surface area contributed by atoms with Crippen LogP contribution in [0.3, 0.4) is 0 Å². The number of nitrogens with zero attached hydrogens (tertiary/aromatic N) is 3. The van der Waals surface area contributed by atoms with Gasteiger partial charge in [0, 0.05) is 14.2 Å². The van der Waals surface area contributed by atoms with Crippen LogP contribution in [0.2, 0.25) is 6.82 Å². The minimum atomic E-state index is -0.551. The summed E-state index contributed by atoms with van der Waals surface area (Å²) >= 11 is 0. The molecule has 0 aromatic rings. The molecule has 1 heterocycles. The maximum atomic E-state index is 5.35. The second kappa shape index (κ2) is 3.38. The smallest absolute Gasteiger partial charge is 0.328 e. The number of hydrazine groups is 1. The highest BCUT2D eigenvalue weighted by Crippen LogP contribution is 2.49. The molecule has 1 atom stereocenters. The van der Waals surface area contributed by atoms with Crippen molar-refractivity contribution in [3.05, 3.63) is 0 Å². The van der Waals surface area contributed by atoms with E-state index in [4.69, 9.17) is 4.52 Å². The summed E-state index contributed by atoms with van der Waals surface area (Å²) in [7, 11) is 7.41. The maximum Gasteiger partial charge on any atom is 0.328 e. The van der Waals surface area contributed by atoms with Gasteiger partial charge in [0.2, 0.25) is 0 Å². The molecule has 0 radical (unpaired) electrons. The minimum absolute atomic E-state index is 0.436. The lowest BCUT2D eigenvalue weighted by Gasteiger charge is -2.23. The van der Waals surface area contributed by atoms with Gasteiger partial charge in [0.15, 0.2) is 8.45 Å². The standard InChI is InChI=1S/C5H15BN3OP/c1-6-7(2)9(4)11(10-5)8(6)3/h1-5H3. The zero-order valence-corrected chi connectivity index (χ0v) is 8.67. The number of hydrogen-bond donors (Lipinski definition) is 0. The molecule has 11 heavy (non-hydrogen) atoms. The Hall–Kier alpha value is 0.335. The third kappa shape index (κ3) is 1.44. The molecule has 0 N–H and O–H groups in total. The Morgan fingerprint density at radius 1 is 1.27 bits per heavy atom. The van der Waals surface area contributed by atoms with Gasteiger partial charge >= 0.3 is 6.98 Å². The Morgan fingerprint density at radius 3 is 2.00 bits per heavy atom. The fourth-order valence-corrected chi connectivity index (χ4v) is 2.93. The van der Waals surface area contributed by atoms with Gasteiger partial charge in [0.05, 0.1) is 0 Å². The second-order valence-corrected chi connectivity index (χ2v) is 4.78. The summed E-state index contributed by atoms with van der Waals surface area (Å²) < 4.78 is 9.72. The zero-order valence-electron chi connectivity index (χ0n) is 7.77. The van der Waals surface area contributed by atoms with Crippen LogP contribution in [0, 0.1) is 0 Å². The first-order valence-electron chi connectivity index (χ1n) is 3.63. The van der Waals surface area contributed by atoms with Gasteiger partial charge in [-0.25, -0.2) is 0 Å². The summed E-state index contributed by atoms with van der Waals surface area (Å²) in [5, 5.41) is 0. The summed E-state index contributed by atoms with van der Waals surface area (Å²) in [5.41, 5.74) is 0. The molecular formula is C5H15BN3OP. The quantitative estimate of drug-likeness (QED) is 0.431. The highest BCUT2D eigenvalue weighted by Gasteiger charge is 2.40. The summed E-state index contributed by atoms with van der Waals surface area (Å²) in [4.78, 5) is 2.18. The monoisotopic (exact) mass is 175 g/mol. The van der Waals surface area contributed by atoms with E-state index in [9.17, 15) is 0 Å². The predicted molar refractivity (Wildman–Crippen MR) is 48.8 cm³/mol. The Kier molecular flexibility index (Phi) is 2.89. The van der Waals surface area contributed by atoms with Gasteiger partial charge in [-0.1, -0.05) is 6.82 Å². The molecule has 1 rings (SSSR count). The molecule has 0 aliphatic carbocycles. The molecule has 6 heteroatoms. The highest BCUT2D eigenvalue weighted by molar-refractivity contribution is 7.50. The molecule has 0 bridgehead atoms. The predicted octanol–water partition coefficient (Wildman–Crippen LogP) is 0.702. The molecule has 64 valence electrons. The van der Waals surface area contributed by atoms with Crippen molar-refractivity contribution in [2.45, 2.75) is 6.82 Å². The lowest BCUT2D eigenvalue weighted by atomic mass is 9.80. The maximum absolute atomic E-state index is 5.35. The molecule has 0 saturated carbocycles. The molecule has 1 saturated heterocycles. The van der Waals surface area contributed by atoms with Crippen LogP contribution in [-0.2, 0) is 4.52 Å². The van der Waals surface area contributed by atoms with Crippen LogP contribution >= 0.6 is 8.45 Å². The Balaban J connectivity index is 2.69. The third-order valence-electron chi connectivity index (χ3n) is 2.22. The lowest BCUT2D eigenvalue weighted by molar-refractivity contribution is 0.233. The van der Waals surface area contributed by atoms with Gasteiger partial charge in [-0.2, -0.15) is 4.78 Å². The molecule has 1 aliphatic rings. The van der Waals surface area contributed by atoms with E-state index < -0.39 is 8.45 Å². The van der Waals surface area contributed by atoms with Gasteiger partial charge in [-0.15, -0.1) is 0 Å². The minimum Gasteiger partial charge on any atom is -0.335 e. The van der Waals surface area contributed by atoms with E-state index in [1.807, 2.05) is 0 Å². The van der Waals surface area contributed by atoms with Gasteiger partial charge in [0.1, 0.15) is 0 Å². The van der Waals surface area contributed by atoms with Crippen LogP contribution in [0.5, 0.6) is 0 Å². The topological polar surface area (TPSA) is 19.0 Å². The number of hydrogen-bond acceptors (Lipinski definition) is 4. The van der Waals surface area contributed by atoms with Crippen LogP contribution < -0.4 is 0 Å². The van der Waals surface area contributed by atoms with Gasteiger partial charge < -0.3 is 4.52 Å². The van der Waals surface area contributed by atoms with Gasteiger partial charge in [0.25, 0.3) is 0 Å². The van der Waals surface area contributed by atoms with E-state index in [-0.39, 0.29) is 0 Å². The lowest BCUT2D eigenvalue weighted by Crippen LogP contribution is -2.39. The van der Waals surface area contributed by atoms with Gasteiger partial charge in [-0.3, -0.25) is 9.50 Å². The molecule has 0 aromatic carbocycles. The van der Waals surface area contributed by atoms with Crippen molar-refractivity contribution in [1.29, 1.82) is 0 Å². The molecule has 1 fully saturated rings. The van der Waals surface area contributed by atoms with Crippen LogP contribution in [0.4, 0.5) is 0 Å². The highest BCUT2D eigenvalue weighted by atomic mass is 31.2. The fourth-order valence-electron chi connectivity index (χ4n) is 1.20. The Morgan fingerprint density at radius 2 is 1.82 bits per heavy atom. The van der Waals surface area contributed by atoms with Crippen LogP contribution in [0.15, 0.2) is 0 Å². The average Bonchev–Trinajstić information content (AvgIpc) is 2.17. The average molecular weight is 175 g/mol. The van der Waals surface area contributed by atoms with E-state index in [1.165, 1.54) is 0 Å². The first kappa shape index (κ1) is 9.42. The zero-order chi connectivity index (χ0) is 8.59. The molecule has 4 nitrogen and oxygen atoms in total. The van der Waals surface area contributed by atoms with Crippen molar-refractivity contribution < 1.29 is 4.52 Å². The largest absolute Gasteiger partial charge is 0.335 e. The van der Waals surface area contributed by atoms with Crippen LogP contribution in [-0.4, -0.2) is 49.5 Å². The van der Waals surface area contributed by atoms with Crippen molar-refractivity contribution in [1.82, 2.24) is 14.3 Å². The van der Waals surface area contributed by atoms with Crippen molar-refractivity contribution in [2.24, 2.45) is 0 Å². The normalized spacial score (nSPS) is 30.3. The molecule has 0 spiro atoms. The summed E-state index contributed by atoms with van der Waals surface area (Å²) in [6.45, 7) is 2.60. The Bertz CT molecular complexity index is 136. The second-order valence-electron chi connectivity index (χ2n) is 2.70. The Labute approximate surface area is 70.1 Å². The molecule has 0 aromatic heterocycles. The van der Waals surface area contributed by atoms with Crippen molar-refractivity contribution in [3.63, 3.8) is 0 Å². The van der Waals surface area contributed by atoms with Crippen molar-refractivity contribution in [2.75, 3.05) is 28.3 Å². The molecule has 1 aliphatic heterocycles. The summed E-state index contributed by atoms with van der Waals surface area (Å²) in [6.07, 6.45) is 0. The number of rotatable bonds is 1. The van der Waals surface area contributed by atoms with Crippen molar-refractivity contribution in [3.8, 4) is 0 Å². The van der Waals surface area contributed by atoms with Gasteiger partial charge in [-0.05, 0) is 14.1 Å². The molecular weight excluding hydrogens is 160 g/mol. The van der Waals surface area contributed by atoms with Crippen LogP contribution in [0.25, 0.3) is 0 Å². The van der Waals surface area contributed by atoms with E-state index in [1.54, 1.807) is 7.11 Å². The third-order valence-corrected chi connectivity index (χ3v) is 4.20. The van der Waals surface area contributed by atoms with Crippen molar-refractivity contribution >= 4 is 15.4 Å². The summed E-state index contributed by atoms with van der Waals surface area (Å²) in [6, 6.07) is 0. The van der Waals surface area contributed by atoms with E-state index in [0.717, 1.165) is 0 Å². The SMILES string of the molecule is COP1N(C)B(C)N(C)N1C. The first-order valence-corrected chi connectivity index (χ1v) is 4.79. The fraction of sp³-hybridized carbons (Fsp3) is 1.00.